The smallest absolute Gasteiger partial charge is 0.109 e. The number of thiazole rings is 1. The molecule has 1 heterocycles. The van der Waals surface area contributed by atoms with Crippen LogP contribution in [0.5, 0.6) is 0 Å². The van der Waals surface area contributed by atoms with Crippen LogP contribution in [0.15, 0.2) is 11.6 Å². The Morgan fingerprint density at radius 3 is 2.94 bits per heavy atom. The molecule has 1 saturated carbocycles. The van der Waals surface area contributed by atoms with Crippen LogP contribution in [-0.2, 0) is 0 Å². The van der Waals surface area contributed by atoms with Crippen LogP contribution in [0.2, 0.25) is 0 Å². The second kappa shape index (κ2) is 5.75. The van der Waals surface area contributed by atoms with Crippen molar-refractivity contribution in [3.63, 3.8) is 0 Å². The minimum atomic E-state index is -0.190. The van der Waals surface area contributed by atoms with Gasteiger partial charge in [0, 0.05) is 18.1 Å². The lowest BCUT2D eigenvalue weighted by Gasteiger charge is -2.20. The van der Waals surface area contributed by atoms with Gasteiger partial charge in [-0.1, -0.05) is 12.8 Å². The lowest BCUT2D eigenvalue weighted by atomic mass is 10.0. The fourth-order valence-electron chi connectivity index (χ4n) is 2.34. The molecule has 1 aliphatic carbocycles. The Kier molecular flexibility index (Phi) is 4.32. The molecular weight excluding hydrogens is 220 g/mol. The number of aliphatic hydroxyl groups is 1. The molecule has 2 rings (SSSR count). The number of rotatable bonds is 5. The zero-order valence-electron chi connectivity index (χ0n) is 9.72. The predicted octanol–water partition coefficient (Wildman–Crippen LogP) is 2.34. The summed E-state index contributed by atoms with van der Waals surface area (Å²) in [5, 5.41) is 16.5. The normalized spacial score (nSPS) is 21.1. The van der Waals surface area contributed by atoms with Crippen molar-refractivity contribution in [2.45, 2.75) is 44.8 Å². The standard InChI is InChI=1S/C12H20N2OS/c1-9(12-13-6-7-16-12)14-8-11(15)10-4-2-3-5-10/h6-7,9-11,14-15H,2-5,8H2,1H3. The summed E-state index contributed by atoms with van der Waals surface area (Å²) < 4.78 is 0. The van der Waals surface area contributed by atoms with Gasteiger partial charge in [0.05, 0.1) is 12.1 Å². The molecule has 0 aliphatic heterocycles. The average Bonchev–Trinajstić information content (AvgIpc) is 2.95. The van der Waals surface area contributed by atoms with Crippen molar-refractivity contribution in [2.75, 3.05) is 6.54 Å². The maximum atomic E-state index is 10.0. The summed E-state index contributed by atoms with van der Waals surface area (Å²) in [4.78, 5) is 4.27. The van der Waals surface area contributed by atoms with Crippen LogP contribution in [-0.4, -0.2) is 22.7 Å². The summed E-state index contributed by atoms with van der Waals surface area (Å²) in [5.41, 5.74) is 0. The first kappa shape index (κ1) is 12.0. The van der Waals surface area contributed by atoms with Gasteiger partial charge in [-0.25, -0.2) is 4.98 Å². The Morgan fingerprint density at radius 1 is 1.56 bits per heavy atom. The zero-order valence-corrected chi connectivity index (χ0v) is 10.5. The fourth-order valence-corrected chi connectivity index (χ4v) is 3.01. The molecule has 1 aromatic heterocycles. The molecule has 0 saturated heterocycles. The van der Waals surface area contributed by atoms with Gasteiger partial charge in [-0.2, -0.15) is 0 Å². The SMILES string of the molecule is CC(NCC(O)C1CCCC1)c1nccs1. The Hall–Kier alpha value is -0.450. The van der Waals surface area contributed by atoms with Crippen LogP contribution in [0, 0.1) is 5.92 Å². The molecule has 3 nitrogen and oxygen atoms in total. The first-order chi connectivity index (χ1) is 7.77. The first-order valence-corrected chi connectivity index (χ1v) is 6.96. The highest BCUT2D eigenvalue weighted by atomic mass is 32.1. The molecule has 90 valence electrons. The van der Waals surface area contributed by atoms with E-state index in [1.54, 1.807) is 11.3 Å². The van der Waals surface area contributed by atoms with Crippen molar-refractivity contribution >= 4 is 11.3 Å². The number of nitrogens with zero attached hydrogens (tertiary/aromatic N) is 1. The zero-order chi connectivity index (χ0) is 11.4. The van der Waals surface area contributed by atoms with Crippen LogP contribution < -0.4 is 5.32 Å². The number of aliphatic hydroxyl groups excluding tert-OH is 1. The Labute approximate surface area is 101 Å². The lowest BCUT2D eigenvalue weighted by molar-refractivity contribution is 0.106. The molecule has 1 fully saturated rings. The van der Waals surface area contributed by atoms with Gasteiger partial charge in [0.15, 0.2) is 0 Å². The van der Waals surface area contributed by atoms with Gasteiger partial charge in [-0.3, -0.25) is 0 Å². The minimum Gasteiger partial charge on any atom is -0.392 e. The van der Waals surface area contributed by atoms with E-state index in [9.17, 15) is 5.11 Å². The van der Waals surface area contributed by atoms with Gasteiger partial charge in [0.25, 0.3) is 0 Å². The second-order valence-corrected chi connectivity index (χ2v) is 5.54. The number of hydrogen-bond acceptors (Lipinski definition) is 4. The minimum absolute atomic E-state index is 0.190. The molecule has 2 unspecified atom stereocenters. The Bertz CT molecular complexity index is 296. The van der Waals surface area contributed by atoms with Crippen LogP contribution in [0.1, 0.15) is 43.7 Å². The first-order valence-electron chi connectivity index (χ1n) is 6.08. The van der Waals surface area contributed by atoms with Crippen molar-refractivity contribution in [1.29, 1.82) is 0 Å². The monoisotopic (exact) mass is 240 g/mol. The second-order valence-electron chi connectivity index (χ2n) is 4.61. The third-order valence-electron chi connectivity index (χ3n) is 3.40. The van der Waals surface area contributed by atoms with E-state index in [-0.39, 0.29) is 12.1 Å². The quantitative estimate of drug-likeness (QED) is 0.830. The third-order valence-corrected chi connectivity index (χ3v) is 4.36. The Morgan fingerprint density at radius 2 is 2.31 bits per heavy atom. The average molecular weight is 240 g/mol. The molecule has 0 amide bonds. The van der Waals surface area contributed by atoms with E-state index in [4.69, 9.17) is 0 Å². The van der Waals surface area contributed by atoms with Crippen molar-refractivity contribution in [3.05, 3.63) is 16.6 Å². The Balaban J connectivity index is 1.74. The topological polar surface area (TPSA) is 45.1 Å². The van der Waals surface area contributed by atoms with E-state index < -0.39 is 0 Å². The van der Waals surface area contributed by atoms with Crippen LogP contribution in [0.4, 0.5) is 0 Å². The molecule has 16 heavy (non-hydrogen) atoms. The molecule has 4 heteroatoms. The number of hydrogen-bond donors (Lipinski definition) is 2. The maximum Gasteiger partial charge on any atom is 0.109 e. The van der Waals surface area contributed by atoms with Crippen molar-refractivity contribution in [1.82, 2.24) is 10.3 Å². The van der Waals surface area contributed by atoms with Gasteiger partial charge < -0.3 is 10.4 Å². The summed E-state index contributed by atoms with van der Waals surface area (Å²) in [5.74, 6) is 0.510. The summed E-state index contributed by atoms with van der Waals surface area (Å²) in [6, 6.07) is 0.246. The molecule has 1 aliphatic rings. The summed E-state index contributed by atoms with van der Waals surface area (Å²) in [7, 11) is 0. The van der Waals surface area contributed by atoms with Crippen LogP contribution in [0.3, 0.4) is 0 Å². The molecule has 0 aromatic carbocycles. The largest absolute Gasteiger partial charge is 0.392 e. The highest BCUT2D eigenvalue weighted by Gasteiger charge is 2.23. The van der Waals surface area contributed by atoms with Gasteiger partial charge in [0.2, 0.25) is 0 Å². The molecule has 0 radical (unpaired) electrons. The van der Waals surface area contributed by atoms with E-state index >= 15 is 0 Å². The number of aromatic nitrogens is 1. The van der Waals surface area contributed by atoms with Gasteiger partial charge in [-0.15, -0.1) is 11.3 Å². The van der Waals surface area contributed by atoms with E-state index in [1.165, 1.54) is 25.7 Å². The van der Waals surface area contributed by atoms with Crippen LogP contribution in [0.25, 0.3) is 0 Å². The maximum absolute atomic E-state index is 10.0. The van der Waals surface area contributed by atoms with Gasteiger partial charge in [-0.05, 0) is 25.7 Å². The van der Waals surface area contributed by atoms with Crippen molar-refractivity contribution in [3.8, 4) is 0 Å². The van der Waals surface area contributed by atoms with E-state index in [2.05, 4.69) is 17.2 Å². The van der Waals surface area contributed by atoms with E-state index in [1.807, 2.05) is 11.6 Å². The summed E-state index contributed by atoms with van der Waals surface area (Å²) in [6.07, 6.45) is 6.58. The molecule has 0 spiro atoms. The van der Waals surface area contributed by atoms with Gasteiger partial charge >= 0.3 is 0 Å². The molecule has 0 bridgehead atoms. The molecule has 2 N–H and O–H groups in total. The van der Waals surface area contributed by atoms with E-state index in [0.29, 0.717) is 12.5 Å². The van der Waals surface area contributed by atoms with E-state index in [0.717, 1.165) is 5.01 Å². The predicted molar refractivity (Wildman–Crippen MR) is 66.5 cm³/mol. The van der Waals surface area contributed by atoms with Gasteiger partial charge in [0.1, 0.15) is 5.01 Å². The highest BCUT2D eigenvalue weighted by Crippen LogP contribution is 2.27. The summed E-state index contributed by atoms with van der Waals surface area (Å²) in [6.45, 7) is 2.78. The molecular formula is C12H20N2OS. The fraction of sp³-hybridized carbons (Fsp3) is 0.750. The van der Waals surface area contributed by atoms with Crippen molar-refractivity contribution < 1.29 is 5.11 Å². The molecule has 2 atom stereocenters. The molecule has 1 aromatic rings. The third kappa shape index (κ3) is 3.03. The van der Waals surface area contributed by atoms with Crippen LogP contribution >= 0.6 is 11.3 Å². The highest BCUT2D eigenvalue weighted by molar-refractivity contribution is 7.09. The lowest BCUT2D eigenvalue weighted by Crippen LogP contribution is -2.33. The number of nitrogens with one attached hydrogen (secondary N) is 1. The summed E-state index contributed by atoms with van der Waals surface area (Å²) >= 11 is 1.66. The van der Waals surface area contributed by atoms with Crippen molar-refractivity contribution in [2.24, 2.45) is 5.92 Å².